The van der Waals surface area contributed by atoms with E-state index >= 15 is 0 Å². The molecule has 2 aliphatic rings. The summed E-state index contributed by atoms with van der Waals surface area (Å²) in [6, 6.07) is 2.86. The molecule has 9 heteroatoms. The van der Waals surface area contributed by atoms with Crippen LogP contribution < -0.4 is 19.5 Å². The molecule has 1 N–H and O–H groups in total. The number of benzene rings is 1. The zero-order valence-electron chi connectivity index (χ0n) is 18.8. The van der Waals surface area contributed by atoms with Crippen molar-refractivity contribution in [2.45, 2.75) is 38.3 Å². The zero-order valence-corrected chi connectivity index (χ0v) is 18.8. The third kappa shape index (κ3) is 3.31. The molecular weight excluding hydrogens is 404 g/mol. The van der Waals surface area contributed by atoms with E-state index in [4.69, 9.17) is 18.9 Å². The summed E-state index contributed by atoms with van der Waals surface area (Å²) in [6.07, 6.45) is 0.985. The monoisotopic (exact) mass is 434 g/mol. The molecule has 2 heterocycles. The molecule has 2 fully saturated rings. The topological polar surface area (TPSA) is 103 Å². The number of ether oxygens (including phenoxy) is 4. The van der Waals surface area contributed by atoms with E-state index in [9.17, 15) is 14.4 Å². The van der Waals surface area contributed by atoms with E-state index in [-0.39, 0.29) is 18.4 Å². The average molecular weight is 434 g/mol. The van der Waals surface area contributed by atoms with E-state index in [1.165, 1.54) is 33.3 Å². The van der Waals surface area contributed by atoms with Gasteiger partial charge in [-0.05, 0) is 31.0 Å². The summed E-state index contributed by atoms with van der Waals surface area (Å²) in [6.45, 7) is 3.92. The predicted octanol–water partition coefficient (Wildman–Crippen LogP) is 1.69. The maximum atomic E-state index is 13.3. The van der Waals surface area contributed by atoms with E-state index in [1.54, 1.807) is 19.1 Å². The van der Waals surface area contributed by atoms with Gasteiger partial charge in [-0.1, -0.05) is 13.3 Å². The molecule has 0 bridgehead atoms. The van der Waals surface area contributed by atoms with Gasteiger partial charge in [0.15, 0.2) is 11.5 Å². The number of amides is 2. The molecule has 1 aromatic carbocycles. The zero-order chi connectivity index (χ0) is 22.9. The second kappa shape index (κ2) is 8.74. The lowest BCUT2D eigenvalue weighted by molar-refractivity contribution is -0.154. The molecule has 3 rings (SSSR count). The molecule has 0 aliphatic carbocycles. The minimum absolute atomic E-state index is 0.246. The van der Waals surface area contributed by atoms with Crippen LogP contribution in [-0.4, -0.2) is 63.2 Å². The quantitative estimate of drug-likeness (QED) is 0.487. The molecule has 9 nitrogen and oxygen atoms in total. The van der Waals surface area contributed by atoms with Gasteiger partial charge in [-0.2, -0.15) is 0 Å². The van der Waals surface area contributed by atoms with Crippen LogP contribution in [0.15, 0.2) is 12.1 Å². The van der Waals surface area contributed by atoms with Crippen LogP contribution in [0.5, 0.6) is 17.2 Å². The van der Waals surface area contributed by atoms with Crippen molar-refractivity contribution in [2.24, 2.45) is 11.8 Å². The van der Waals surface area contributed by atoms with Gasteiger partial charge in [0.1, 0.15) is 5.54 Å². The fraction of sp³-hybridized carbons (Fsp3) is 0.591. The number of esters is 1. The fourth-order valence-electron chi connectivity index (χ4n) is 5.04. The van der Waals surface area contributed by atoms with Crippen LogP contribution in [-0.2, 0) is 19.1 Å². The number of fused-ring (bicyclic) bond motifs is 1. The number of hydrogen-bond donors (Lipinski definition) is 1. The first-order valence-corrected chi connectivity index (χ1v) is 10.4. The van der Waals surface area contributed by atoms with Crippen molar-refractivity contribution in [1.29, 1.82) is 0 Å². The van der Waals surface area contributed by atoms with Gasteiger partial charge < -0.3 is 18.9 Å². The van der Waals surface area contributed by atoms with E-state index in [0.717, 1.165) is 0 Å². The van der Waals surface area contributed by atoms with Crippen molar-refractivity contribution in [1.82, 2.24) is 10.2 Å². The molecule has 0 spiro atoms. The van der Waals surface area contributed by atoms with Gasteiger partial charge in [-0.25, -0.2) is 0 Å². The molecule has 1 aromatic rings. The number of rotatable bonds is 8. The number of imide groups is 1. The minimum Gasteiger partial charge on any atom is -0.493 e. The van der Waals surface area contributed by atoms with Gasteiger partial charge in [-0.3, -0.25) is 24.6 Å². The minimum atomic E-state index is -1.30. The summed E-state index contributed by atoms with van der Waals surface area (Å²) in [5.41, 5.74) is -0.638. The Morgan fingerprint density at radius 1 is 1.03 bits per heavy atom. The molecule has 2 saturated heterocycles. The Morgan fingerprint density at radius 3 is 2.10 bits per heavy atom. The van der Waals surface area contributed by atoms with Crippen LogP contribution in [0.2, 0.25) is 0 Å². The van der Waals surface area contributed by atoms with Crippen molar-refractivity contribution >= 4 is 17.8 Å². The molecular formula is C22H30N2O7. The summed E-state index contributed by atoms with van der Waals surface area (Å²) in [5.74, 6) is -1.53. The van der Waals surface area contributed by atoms with Crippen LogP contribution in [0.3, 0.4) is 0 Å². The summed E-state index contributed by atoms with van der Waals surface area (Å²) in [4.78, 5) is 40.8. The highest BCUT2D eigenvalue weighted by Gasteiger charge is 2.68. The Balaban J connectivity index is 2.21. The fourth-order valence-corrected chi connectivity index (χ4v) is 5.04. The third-order valence-electron chi connectivity index (χ3n) is 6.30. The number of nitrogens with one attached hydrogen (secondary N) is 1. The summed E-state index contributed by atoms with van der Waals surface area (Å²) in [5, 5.41) is 3.33. The van der Waals surface area contributed by atoms with Crippen molar-refractivity contribution < 1.29 is 33.3 Å². The van der Waals surface area contributed by atoms with Crippen LogP contribution in [0.4, 0.5) is 0 Å². The van der Waals surface area contributed by atoms with E-state index in [0.29, 0.717) is 35.7 Å². The number of methoxy groups -OCH3 is 4. The first-order valence-electron chi connectivity index (χ1n) is 10.4. The molecule has 31 heavy (non-hydrogen) atoms. The van der Waals surface area contributed by atoms with E-state index in [2.05, 4.69) is 5.32 Å². The summed E-state index contributed by atoms with van der Waals surface area (Å²) in [7, 11) is 5.81. The smallest absolute Gasteiger partial charge is 0.326 e. The Morgan fingerprint density at radius 2 is 1.65 bits per heavy atom. The number of carbonyl (C=O) groups is 3. The lowest BCUT2D eigenvalue weighted by Crippen LogP contribution is -2.56. The molecule has 2 aliphatic heterocycles. The second-order valence-corrected chi connectivity index (χ2v) is 7.72. The average Bonchev–Trinajstić information content (AvgIpc) is 3.26. The predicted molar refractivity (Wildman–Crippen MR) is 111 cm³/mol. The molecule has 0 unspecified atom stereocenters. The van der Waals surface area contributed by atoms with E-state index in [1.807, 2.05) is 6.92 Å². The Labute approximate surface area is 182 Å². The molecule has 0 saturated carbocycles. The normalized spacial score (nSPS) is 27.3. The third-order valence-corrected chi connectivity index (χ3v) is 6.30. The Kier molecular flexibility index (Phi) is 6.45. The maximum Gasteiger partial charge on any atom is 0.326 e. The SMILES string of the molecule is CCC[C@]1(C(=O)OC)N[C@@H](c2cc(OC)c(OC)c(OC)c2)[C@H]2C(=O)N(CC)C(=O)[C@H]21. The number of carbonyl (C=O) groups excluding carboxylic acids is 3. The first-order chi connectivity index (χ1) is 14.8. The molecule has 4 atom stereocenters. The number of likely N-dealkylation sites (tertiary alicyclic amines) is 1. The molecule has 0 aromatic heterocycles. The molecule has 2 amide bonds. The highest BCUT2D eigenvalue weighted by Crippen LogP contribution is 2.52. The highest BCUT2D eigenvalue weighted by molar-refractivity contribution is 6.09. The van der Waals surface area contributed by atoms with Crippen LogP contribution in [0.25, 0.3) is 0 Å². The largest absolute Gasteiger partial charge is 0.493 e. The standard InChI is InChI=1S/C22H30N2O7/c1-7-9-22(21(27)31-6)16-15(19(25)24(8-2)20(16)26)17(23-22)12-10-13(28-3)18(30-5)14(11-12)29-4/h10-11,15-17,23H,7-9H2,1-6H3/t15-,16-,17-,22-/m0/s1. The highest BCUT2D eigenvalue weighted by atomic mass is 16.5. The summed E-state index contributed by atoms with van der Waals surface area (Å²) < 4.78 is 21.4. The van der Waals surface area contributed by atoms with Crippen LogP contribution >= 0.6 is 0 Å². The van der Waals surface area contributed by atoms with Gasteiger partial charge in [0.2, 0.25) is 17.6 Å². The summed E-state index contributed by atoms with van der Waals surface area (Å²) >= 11 is 0. The maximum absolute atomic E-state index is 13.3. The van der Waals surface area contributed by atoms with Gasteiger partial charge in [0, 0.05) is 12.6 Å². The lowest BCUT2D eigenvalue weighted by atomic mass is 9.77. The van der Waals surface area contributed by atoms with Crippen molar-refractivity contribution in [3.8, 4) is 17.2 Å². The van der Waals surface area contributed by atoms with Gasteiger partial charge in [0.25, 0.3) is 0 Å². The van der Waals surface area contributed by atoms with Gasteiger partial charge >= 0.3 is 5.97 Å². The van der Waals surface area contributed by atoms with Crippen molar-refractivity contribution in [3.05, 3.63) is 17.7 Å². The van der Waals surface area contributed by atoms with Gasteiger partial charge in [0.05, 0.1) is 40.3 Å². The van der Waals surface area contributed by atoms with Gasteiger partial charge in [-0.15, -0.1) is 0 Å². The first kappa shape index (κ1) is 22.9. The van der Waals surface area contributed by atoms with Crippen LogP contribution in [0.1, 0.15) is 38.3 Å². The van der Waals surface area contributed by atoms with E-state index < -0.39 is 29.4 Å². The number of nitrogens with zero attached hydrogens (tertiary/aromatic N) is 1. The number of hydrogen-bond acceptors (Lipinski definition) is 8. The second-order valence-electron chi connectivity index (χ2n) is 7.72. The van der Waals surface area contributed by atoms with Crippen LogP contribution in [0, 0.1) is 11.8 Å². The Hall–Kier alpha value is -2.81. The molecule has 0 radical (unpaired) electrons. The lowest BCUT2D eigenvalue weighted by Gasteiger charge is -2.32. The molecule has 170 valence electrons. The van der Waals surface area contributed by atoms with Crippen molar-refractivity contribution in [2.75, 3.05) is 35.0 Å². The Bertz CT molecular complexity index is 862. The van der Waals surface area contributed by atoms with Crippen molar-refractivity contribution in [3.63, 3.8) is 0 Å².